The van der Waals surface area contributed by atoms with Gasteiger partial charge in [-0.25, -0.2) is 0 Å². The first-order valence-corrected chi connectivity index (χ1v) is 9.21. The minimum Gasteiger partial charge on any atom is -0.352 e. The van der Waals surface area contributed by atoms with E-state index < -0.39 is 0 Å². The number of anilines is 1. The Labute approximate surface area is 151 Å². The van der Waals surface area contributed by atoms with Gasteiger partial charge in [-0.2, -0.15) is 12.6 Å². The second kappa shape index (κ2) is 9.09. The zero-order chi connectivity index (χ0) is 17.5. The van der Waals surface area contributed by atoms with Crippen molar-refractivity contribution in [2.45, 2.75) is 39.5 Å². The van der Waals surface area contributed by atoms with E-state index in [2.05, 4.69) is 88.1 Å². The quantitative estimate of drug-likeness (QED) is 0.489. The standard InChI is InChI=1S/C19H23NS.CH4S/c1-5-19(3,4)17-12-16(10-11-18(17)20-13-21)15-8-6-14(2)7-9-15;1-2/h6-13H,5H2,1-4H3,(H,20,21);2H,1H3. The van der Waals surface area contributed by atoms with Crippen LogP contribution in [-0.4, -0.2) is 11.7 Å². The Balaban J connectivity index is 0.00000127. The van der Waals surface area contributed by atoms with Gasteiger partial charge in [0.2, 0.25) is 0 Å². The molecule has 0 heterocycles. The monoisotopic (exact) mass is 345 g/mol. The fourth-order valence-electron chi connectivity index (χ4n) is 2.41. The molecule has 0 aliphatic heterocycles. The fourth-order valence-corrected chi connectivity index (χ4v) is 2.54. The van der Waals surface area contributed by atoms with E-state index in [9.17, 15) is 0 Å². The summed E-state index contributed by atoms with van der Waals surface area (Å²) in [6.07, 6.45) is 2.77. The predicted molar refractivity (Wildman–Crippen MR) is 112 cm³/mol. The third kappa shape index (κ3) is 5.08. The molecule has 2 aromatic carbocycles. The van der Waals surface area contributed by atoms with E-state index in [-0.39, 0.29) is 5.41 Å². The van der Waals surface area contributed by atoms with E-state index in [1.807, 2.05) is 0 Å². The molecule has 2 rings (SSSR count). The first kappa shape index (κ1) is 19.7. The molecular weight excluding hydrogens is 318 g/mol. The second-order valence-electron chi connectivity index (χ2n) is 6.13. The smallest absolute Gasteiger partial charge is 0.0659 e. The average molecular weight is 346 g/mol. The summed E-state index contributed by atoms with van der Waals surface area (Å²) < 4.78 is 0. The summed E-state index contributed by atoms with van der Waals surface area (Å²) in [6, 6.07) is 15.2. The highest BCUT2D eigenvalue weighted by Crippen LogP contribution is 2.35. The van der Waals surface area contributed by atoms with Crippen molar-refractivity contribution >= 4 is 36.0 Å². The number of hydrogen-bond donors (Lipinski definition) is 2. The summed E-state index contributed by atoms with van der Waals surface area (Å²) in [6.45, 7) is 8.88. The van der Waals surface area contributed by atoms with E-state index in [1.54, 1.807) is 11.7 Å². The van der Waals surface area contributed by atoms with Crippen LogP contribution >= 0.6 is 24.8 Å². The average Bonchev–Trinajstić information content (AvgIpc) is 2.58. The van der Waals surface area contributed by atoms with Gasteiger partial charge in [0.1, 0.15) is 0 Å². The maximum atomic E-state index is 4.96. The number of nitrogens with one attached hydrogen (secondary N) is 1. The highest BCUT2D eigenvalue weighted by atomic mass is 32.1. The molecule has 0 spiro atoms. The van der Waals surface area contributed by atoms with Gasteiger partial charge in [-0.3, -0.25) is 0 Å². The van der Waals surface area contributed by atoms with Crippen molar-refractivity contribution in [2.24, 2.45) is 0 Å². The first-order chi connectivity index (χ1) is 11.0. The zero-order valence-electron chi connectivity index (χ0n) is 14.7. The molecule has 2 aromatic rings. The van der Waals surface area contributed by atoms with Crippen molar-refractivity contribution in [3.05, 3.63) is 53.6 Å². The zero-order valence-corrected chi connectivity index (χ0v) is 16.4. The van der Waals surface area contributed by atoms with Crippen LogP contribution < -0.4 is 5.32 Å². The van der Waals surface area contributed by atoms with Gasteiger partial charge in [0, 0.05) is 5.69 Å². The lowest BCUT2D eigenvalue weighted by Gasteiger charge is -2.27. The van der Waals surface area contributed by atoms with E-state index in [0.717, 1.165) is 12.1 Å². The number of aryl methyl sites for hydroxylation is 1. The van der Waals surface area contributed by atoms with Gasteiger partial charge in [-0.15, -0.1) is 0 Å². The van der Waals surface area contributed by atoms with Crippen LogP contribution in [0.5, 0.6) is 0 Å². The molecule has 1 N–H and O–H groups in total. The minimum absolute atomic E-state index is 0.112. The summed E-state index contributed by atoms with van der Waals surface area (Å²) in [7, 11) is 0. The summed E-state index contributed by atoms with van der Waals surface area (Å²) in [4.78, 5) is 0. The lowest BCUT2D eigenvalue weighted by Crippen LogP contribution is -2.18. The fraction of sp³-hybridized carbons (Fsp3) is 0.350. The molecule has 0 aliphatic rings. The second-order valence-corrected chi connectivity index (χ2v) is 6.36. The number of thiol groups is 1. The molecule has 3 heteroatoms. The van der Waals surface area contributed by atoms with Gasteiger partial charge in [0.25, 0.3) is 0 Å². The van der Waals surface area contributed by atoms with Crippen molar-refractivity contribution in [1.29, 1.82) is 0 Å². The SMILES string of the molecule is CCC(C)(C)c1cc(-c2ccc(C)cc2)ccc1NC=S.CS. The van der Waals surface area contributed by atoms with E-state index in [4.69, 9.17) is 12.2 Å². The molecule has 0 fully saturated rings. The highest BCUT2D eigenvalue weighted by molar-refractivity contribution is 7.79. The maximum absolute atomic E-state index is 4.96. The van der Waals surface area contributed by atoms with Crippen LogP contribution in [0.4, 0.5) is 5.69 Å². The Bertz CT molecular complexity index is 631. The Morgan fingerprint density at radius 3 is 2.13 bits per heavy atom. The molecule has 0 amide bonds. The Morgan fingerprint density at radius 1 is 1.04 bits per heavy atom. The highest BCUT2D eigenvalue weighted by Gasteiger charge is 2.22. The molecule has 1 nitrogen and oxygen atoms in total. The number of thiocarbonyl (C=S) groups is 1. The third-order valence-corrected chi connectivity index (χ3v) is 4.35. The third-order valence-electron chi connectivity index (χ3n) is 4.23. The topological polar surface area (TPSA) is 12.0 Å². The van der Waals surface area contributed by atoms with Crippen LogP contribution in [0.1, 0.15) is 38.3 Å². The maximum Gasteiger partial charge on any atom is 0.0659 e. The van der Waals surface area contributed by atoms with Gasteiger partial charge in [0.05, 0.1) is 5.49 Å². The number of hydrogen-bond acceptors (Lipinski definition) is 2. The summed E-state index contributed by atoms with van der Waals surface area (Å²) in [5, 5.41) is 3.19. The molecule has 0 aromatic heterocycles. The summed E-state index contributed by atoms with van der Waals surface area (Å²) in [5.74, 6) is 0. The molecule has 0 aliphatic carbocycles. The Kier molecular flexibility index (Phi) is 7.80. The molecule has 124 valence electrons. The van der Waals surface area contributed by atoms with Gasteiger partial charge < -0.3 is 5.32 Å². The first-order valence-electron chi connectivity index (χ1n) is 7.84. The van der Waals surface area contributed by atoms with Crippen molar-refractivity contribution in [2.75, 3.05) is 11.6 Å². The minimum atomic E-state index is 0.112. The van der Waals surface area contributed by atoms with Crippen LogP contribution in [0.2, 0.25) is 0 Å². The normalized spacial score (nSPS) is 10.5. The van der Waals surface area contributed by atoms with Crippen molar-refractivity contribution < 1.29 is 0 Å². The molecule has 0 atom stereocenters. The van der Waals surface area contributed by atoms with Crippen LogP contribution in [0, 0.1) is 6.92 Å². The molecule has 0 radical (unpaired) electrons. The van der Waals surface area contributed by atoms with Crippen LogP contribution in [0.25, 0.3) is 11.1 Å². The van der Waals surface area contributed by atoms with Crippen molar-refractivity contribution in [3.63, 3.8) is 0 Å². The molecule has 0 unspecified atom stereocenters. The largest absolute Gasteiger partial charge is 0.352 e. The van der Waals surface area contributed by atoms with Gasteiger partial charge in [-0.1, -0.05) is 68.9 Å². The van der Waals surface area contributed by atoms with Crippen molar-refractivity contribution in [3.8, 4) is 11.1 Å². The number of benzene rings is 2. The summed E-state index contributed by atoms with van der Waals surface area (Å²) >= 11 is 8.49. The molecular formula is C20H27NS2. The Hall–Kier alpha value is -1.32. The van der Waals surface area contributed by atoms with Gasteiger partial charge in [0.15, 0.2) is 0 Å². The molecule has 0 saturated heterocycles. The number of rotatable bonds is 5. The molecule has 0 saturated carbocycles. The molecule has 0 bridgehead atoms. The van der Waals surface area contributed by atoms with E-state index in [1.165, 1.54) is 22.3 Å². The van der Waals surface area contributed by atoms with Crippen LogP contribution in [0.3, 0.4) is 0 Å². The molecule has 23 heavy (non-hydrogen) atoms. The summed E-state index contributed by atoms with van der Waals surface area (Å²) in [5.41, 5.74) is 7.89. The van der Waals surface area contributed by atoms with Gasteiger partial charge >= 0.3 is 0 Å². The van der Waals surface area contributed by atoms with Gasteiger partial charge in [-0.05, 0) is 53.8 Å². The van der Waals surface area contributed by atoms with E-state index >= 15 is 0 Å². The van der Waals surface area contributed by atoms with E-state index in [0.29, 0.717) is 0 Å². The Morgan fingerprint density at radius 2 is 1.61 bits per heavy atom. The van der Waals surface area contributed by atoms with Crippen LogP contribution in [-0.2, 0) is 5.41 Å². The van der Waals surface area contributed by atoms with Crippen LogP contribution in [0.15, 0.2) is 42.5 Å². The lowest BCUT2D eigenvalue weighted by molar-refractivity contribution is 0.508. The lowest BCUT2D eigenvalue weighted by atomic mass is 9.80. The van der Waals surface area contributed by atoms with Crippen molar-refractivity contribution in [1.82, 2.24) is 0 Å². The predicted octanol–water partition coefficient (Wildman–Crippen LogP) is 6.26.